The van der Waals surface area contributed by atoms with E-state index in [1.165, 1.54) is 7.11 Å². The van der Waals surface area contributed by atoms with Gasteiger partial charge >= 0.3 is 12.1 Å². The molecule has 119 valence electrons. The predicted molar refractivity (Wildman–Crippen MR) is 71.1 cm³/mol. The lowest BCUT2D eigenvalue weighted by atomic mass is 9.99. The maximum Gasteiger partial charge on any atom is 0.458 e. The van der Waals surface area contributed by atoms with Crippen molar-refractivity contribution in [2.45, 2.75) is 12.1 Å². The van der Waals surface area contributed by atoms with E-state index < -0.39 is 17.7 Å². The van der Waals surface area contributed by atoms with E-state index in [0.717, 1.165) is 6.07 Å². The number of rotatable bonds is 3. The molecule has 1 heterocycles. The molecule has 2 rings (SSSR count). The van der Waals surface area contributed by atoms with Crippen LogP contribution in [0, 0.1) is 0 Å². The Morgan fingerprint density at radius 1 is 1.09 bits per heavy atom. The molecular weight excluding hydrogens is 354 g/mol. The smallest absolute Gasteiger partial charge is 0.458 e. The lowest BCUT2D eigenvalue weighted by Crippen LogP contribution is -2.33. The van der Waals surface area contributed by atoms with Crippen molar-refractivity contribution in [1.82, 2.24) is 5.43 Å². The Hall–Kier alpha value is -1.54. The van der Waals surface area contributed by atoms with Crippen LogP contribution in [0.3, 0.4) is 0 Å². The summed E-state index contributed by atoms with van der Waals surface area (Å²) < 4.78 is 69.3. The Morgan fingerprint density at radius 3 is 2.18 bits per heavy atom. The third-order valence-electron chi connectivity index (χ3n) is 2.83. The molecule has 0 N–H and O–H groups in total. The first-order valence-corrected chi connectivity index (χ1v) is 6.33. The van der Waals surface area contributed by atoms with E-state index >= 15 is 0 Å². The summed E-state index contributed by atoms with van der Waals surface area (Å²) in [7, 11) is 1.21. The number of benzene rings is 1. The molecule has 1 aromatic rings. The lowest BCUT2D eigenvalue weighted by Gasteiger charge is -2.21. The van der Waals surface area contributed by atoms with E-state index in [1.807, 2.05) is 0 Å². The molecule has 1 aliphatic rings. The van der Waals surface area contributed by atoms with E-state index in [9.17, 15) is 22.0 Å². The summed E-state index contributed by atoms with van der Waals surface area (Å²) in [4.78, 5) is 0. The molecule has 0 amide bonds. The van der Waals surface area contributed by atoms with Crippen LogP contribution in [-0.2, 0) is 5.92 Å². The number of nitrogens with zero attached hydrogens (tertiary/aromatic N) is 2. The van der Waals surface area contributed by atoms with Crippen LogP contribution < -0.4 is 10.2 Å². The predicted octanol–water partition coefficient (Wildman–Crippen LogP) is 4.43. The third-order valence-corrected chi connectivity index (χ3v) is 3.35. The molecule has 3 nitrogen and oxygen atoms in total. The zero-order valence-corrected chi connectivity index (χ0v) is 12.2. The molecule has 0 saturated heterocycles. The Morgan fingerprint density at radius 2 is 1.73 bits per heavy atom. The van der Waals surface area contributed by atoms with Gasteiger partial charge in [0.05, 0.1) is 12.7 Å². The van der Waals surface area contributed by atoms with Crippen molar-refractivity contribution < 1.29 is 26.7 Å². The van der Waals surface area contributed by atoms with Crippen LogP contribution in [-0.4, -0.2) is 18.5 Å². The molecule has 0 aromatic heterocycles. The number of alkyl halides is 5. The maximum absolute atomic E-state index is 13.5. The van der Waals surface area contributed by atoms with Crippen LogP contribution in [0.5, 0.6) is 5.75 Å². The molecule has 1 aromatic carbocycles. The quantitative estimate of drug-likeness (QED) is 0.580. The maximum atomic E-state index is 13.5. The van der Waals surface area contributed by atoms with Crippen LogP contribution in [0.2, 0.25) is 0 Å². The average Bonchev–Trinajstić information content (AvgIpc) is 2.76. The summed E-state index contributed by atoms with van der Waals surface area (Å²) in [6.07, 6.45) is -5.74. The molecule has 0 aliphatic carbocycles. The SMILES string of the molecule is COc1ccc(C(F)(F)C(F)(F)F)cc1C1=C(Cl)[N]N=C1Cl. The van der Waals surface area contributed by atoms with Crippen molar-refractivity contribution in [1.29, 1.82) is 0 Å². The highest BCUT2D eigenvalue weighted by Crippen LogP contribution is 2.46. The summed E-state index contributed by atoms with van der Waals surface area (Å²) in [6.45, 7) is 0. The van der Waals surface area contributed by atoms with E-state index in [4.69, 9.17) is 27.9 Å². The van der Waals surface area contributed by atoms with Gasteiger partial charge in [0, 0.05) is 11.1 Å². The standard InChI is InChI=1S/C12H6Cl2F5N2O/c1-22-7-3-2-5(11(15,16)12(17,18)19)4-6(7)8-9(13)20-21-10(8)14/h2-4H,1H3. The number of hydrogen-bond acceptors (Lipinski definition) is 2. The van der Waals surface area contributed by atoms with Crippen LogP contribution >= 0.6 is 23.2 Å². The molecule has 0 bridgehead atoms. The van der Waals surface area contributed by atoms with E-state index in [-0.39, 0.29) is 27.2 Å². The number of methoxy groups -OCH3 is 1. The van der Waals surface area contributed by atoms with Crippen molar-refractivity contribution in [2.24, 2.45) is 5.10 Å². The molecule has 1 radical (unpaired) electrons. The Balaban J connectivity index is 2.63. The number of allylic oxidation sites excluding steroid dienone is 1. The third kappa shape index (κ3) is 2.72. The summed E-state index contributed by atoms with van der Waals surface area (Å²) in [5.74, 6) is -5.04. The second-order valence-electron chi connectivity index (χ2n) is 4.14. The summed E-state index contributed by atoms with van der Waals surface area (Å²) in [6, 6.07) is 2.17. The fraction of sp³-hybridized carbons (Fsp3) is 0.250. The molecule has 0 atom stereocenters. The van der Waals surface area contributed by atoms with Crippen LogP contribution in [0.4, 0.5) is 22.0 Å². The zero-order chi connectivity index (χ0) is 16.7. The Bertz CT molecular complexity index is 670. The lowest BCUT2D eigenvalue weighted by molar-refractivity contribution is -0.289. The van der Waals surface area contributed by atoms with Crippen molar-refractivity contribution in [3.05, 3.63) is 34.5 Å². The van der Waals surface area contributed by atoms with Crippen molar-refractivity contribution >= 4 is 33.9 Å². The molecule has 0 spiro atoms. The van der Waals surface area contributed by atoms with Crippen LogP contribution in [0.1, 0.15) is 11.1 Å². The van der Waals surface area contributed by atoms with E-state index in [0.29, 0.717) is 12.1 Å². The van der Waals surface area contributed by atoms with Crippen molar-refractivity contribution in [3.63, 3.8) is 0 Å². The minimum absolute atomic E-state index is 0.000300. The molecule has 0 saturated carbocycles. The van der Waals surface area contributed by atoms with Gasteiger partial charge in [-0.1, -0.05) is 23.2 Å². The number of ether oxygens (including phenoxy) is 1. The Kier molecular flexibility index (Phi) is 4.27. The van der Waals surface area contributed by atoms with Crippen LogP contribution in [0.25, 0.3) is 5.57 Å². The largest absolute Gasteiger partial charge is 0.496 e. The van der Waals surface area contributed by atoms with Gasteiger partial charge in [-0.2, -0.15) is 22.0 Å². The van der Waals surface area contributed by atoms with Gasteiger partial charge in [0.1, 0.15) is 5.75 Å². The number of halogens is 7. The molecule has 0 fully saturated rings. The molecule has 0 unspecified atom stereocenters. The normalized spacial score (nSPS) is 15.7. The highest BCUT2D eigenvalue weighted by Gasteiger charge is 2.58. The monoisotopic (exact) mass is 359 g/mol. The molecule has 10 heteroatoms. The van der Waals surface area contributed by atoms with Gasteiger partial charge in [-0.05, 0) is 18.2 Å². The molecule has 1 aliphatic heterocycles. The summed E-state index contributed by atoms with van der Waals surface area (Å²) in [5, 5.41) is 2.95. The van der Waals surface area contributed by atoms with Crippen molar-refractivity contribution in [3.8, 4) is 5.75 Å². The van der Waals surface area contributed by atoms with Gasteiger partial charge < -0.3 is 4.74 Å². The number of hydrogen-bond donors (Lipinski definition) is 0. The van der Waals surface area contributed by atoms with Gasteiger partial charge in [-0.15, -0.1) is 10.5 Å². The average molecular weight is 360 g/mol. The first kappa shape index (κ1) is 16.8. The van der Waals surface area contributed by atoms with E-state index in [2.05, 4.69) is 10.5 Å². The molecule has 22 heavy (non-hydrogen) atoms. The van der Waals surface area contributed by atoms with Crippen molar-refractivity contribution in [2.75, 3.05) is 7.11 Å². The van der Waals surface area contributed by atoms with Gasteiger partial charge in [0.25, 0.3) is 0 Å². The van der Waals surface area contributed by atoms with Gasteiger partial charge in [0.15, 0.2) is 10.3 Å². The zero-order valence-electron chi connectivity index (χ0n) is 10.7. The van der Waals surface area contributed by atoms with Gasteiger partial charge in [-0.25, -0.2) is 0 Å². The van der Waals surface area contributed by atoms with E-state index in [1.54, 1.807) is 0 Å². The fourth-order valence-corrected chi connectivity index (χ4v) is 2.26. The second-order valence-corrected chi connectivity index (χ2v) is 4.86. The second kappa shape index (κ2) is 5.58. The summed E-state index contributed by atoms with van der Waals surface area (Å²) >= 11 is 11.5. The fourth-order valence-electron chi connectivity index (χ4n) is 1.76. The topological polar surface area (TPSA) is 35.7 Å². The highest BCUT2D eigenvalue weighted by atomic mass is 35.5. The van der Waals surface area contributed by atoms with Crippen LogP contribution in [0.15, 0.2) is 28.5 Å². The molecular formula is C12H6Cl2F5N2O. The summed E-state index contributed by atoms with van der Waals surface area (Å²) in [5.41, 5.74) is 1.91. The van der Waals surface area contributed by atoms with Gasteiger partial charge in [-0.3, -0.25) is 0 Å². The first-order chi connectivity index (χ1) is 10.1. The minimum Gasteiger partial charge on any atom is -0.496 e. The van der Waals surface area contributed by atoms with Gasteiger partial charge in [0.2, 0.25) is 0 Å². The first-order valence-electron chi connectivity index (χ1n) is 5.57. The minimum atomic E-state index is -5.74. The Labute approximate surface area is 131 Å². The highest BCUT2D eigenvalue weighted by molar-refractivity contribution is 6.77.